The summed E-state index contributed by atoms with van der Waals surface area (Å²) in [6.45, 7) is 1.82. The fourth-order valence-corrected chi connectivity index (χ4v) is 3.42. The van der Waals surface area contributed by atoms with E-state index in [9.17, 15) is 27.6 Å². The molecule has 1 saturated heterocycles. The molecule has 2 rings (SSSR count). The SMILES string of the molecule is CCOC(=O)[C@@H](N)CS[C@H]1CC(=O)N(c2ccc(OC(F)(F)F)cc2)C1=O. The van der Waals surface area contributed by atoms with E-state index in [1.165, 1.54) is 12.1 Å². The van der Waals surface area contributed by atoms with Gasteiger partial charge in [-0.25, -0.2) is 4.90 Å². The molecule has 0 spiro atoms. The normalized spacial score (nSPS) is 18.6. The smallest absolute Gasteiger partial charge is 0.465 e. The van der Waals surface area contributed by atoms with Crippen molar-refractivity contribution in [2.24, 2.45) is 5.73 Å². The second-order valence-electron chi connectivity index (χ2n) is 5.49. The van der Waals surface area contributed by atoms with Crippen molar-refractivity contribution in [3.8, 4) is 5.75 Å². The lowest BCUT2D eigenvalue weighted by molar-refractivity contribution is -0.274. The number of nitrogens with two attached hydrogens (primary N) is 1. The van der Waals surface area contributed by atoms with Crippen molar-refractivity contribution < 1.29 is 37.0 Å². The number of imide groups is 1. The Labute approximate surface area is 157 Å². The van der Waals surface area contributed by atoms with Gasteiger partial charge in [0, 0.05) is 12.2 Å². The number of rotatable bonds is 7. The molecule has 27 heavy (non-hydrogen) atoms. The van der Waals surface area contributed by atoms with Gasteiger partial charge in [0.05, 0.1) is 17.5 Å². The lowest BCUT2D eigenvalue weighted by Crippen LogP contribution is -2.36. The third-order valence-electron chi connectivity index (χ3n) is 3.50. The van der Waals surface area contributed by atoms with Crippen LogP contribution in [0.25, 0.3) is 0 Å². The summed E-state index contributed by atoms with van der Waals surface area (Å²) in [6.07, 6.45) is -4.93. The summed E-state index contributed by atoms with van der Waals surface area (Å²) < 4.78 is 45.1. The summed E-state index contributed by atoms with van der Waals surface area (Å²) in [7, 11) is 0. The lowest BCUT2D eigenvalue weighted by Gasteiger charge is -2.16. The van der Waals surface area contributed by atoms with Gasteiger partial charge in [0.2, 0.25) is 11.8 Å². The summed E-state index contributed by atoms with van der Waals surface area (Å²) in [6, 6.07) is 3.48. The Balaban J connectivity index is 2.00. The second-order valence-corrected chi connectivity index (χ2v) is 6.73. The van der Waals surface area contributed by atoms with Crippen molar-refractivity contribution in [3.63, 3.8) is 0 Å². The Hall–Kier alpha value is -2.27. The predicted molar refractivity (Wildman–Crippen MR) is 91.1 cm³/mol. The molecular weight excluding hydrogens is 389 g/mol. The van der Waals surface area contributed by atoms with Crippen LogP contribution in [0.1, 0.15) is 13.3 Å². The molecule has 1 aromatic carbocycles. The highest BCUT2D eigenvalue weighted by Crippen LogP contribution is 2.31. The topological polar surface area (TPSA) is 98.9 Å². The number of alkyl halides is 3. The molecule has 0 unspecified atom stereocenters. The zero-order valence-corrected chi connectivity index (χ0v) is 15.0. The minimum atomic E-state index is -4.83. The van der Waals surface area contributed by atoms with Crippen molar-refractivity contribution >= 4 is 35.2 Å². The number of halogens is 3. The van der Waals surface area contributed by atoms with E-state index in [2.05, 4.69) is 4.74 Å². The number of hydrogen-bond donors (Lipinski definition) is 1. The quantitative estimate of drug-likeness (QED) is 0.545. The van der Waals surface area contributed by atoms with Crippen LogP contribution < -0.4 is 15.4 Å². The molecule has 1 aromatic rings. The van der Waals surface area contributed by atoms with Crippen molar-refractivity contribution in [1.29, 1.82) is 0 Å². The van der Waals surface area contributed by atoms with Gasteiger partial charge in [0.1, 0.15) is 11.8 Å². The number of carbonyl (C=O) groups is 3. The van der Waals surface area contributed by atoms with Crippen LogP contribution in [0.2, 0.25) is 0 Å². The molecule has 0 bridgehead atoms. The van der Waals surface area contributed by atoms with E-state index in [1.807, 2.05) is 0 Å². The molecule has 1 aliphatic rings. The van der Waals surface area contributed by atoms with Crippen LogP contribution in [-0.4, -0.2) is 47.8 Å². The number of anilines is 1. The summed E-state index contributed by atoms with van der Waals surface area (Å²) >= 11 is 1.06. The molecule has 7 nitrogen and oxygen atoms in total. The van der Waals surface area contributed by atoms with Gasteiger partial charge in [-0.05, 0) is 31.2 Å². The maximum absolute atomic E-state index is 12.5. The number of benzene rings is 1. The largest absolute Gasteiger partial charge is 0.573 e. The van der Waals surface area contributed by atoms with Crippen LogP contribution in [0.5, 0.6) is 5.75 Å². The molecule has 2 amide bonds. The van der Waals surface area contributed by atoms with Crippen LogP contribution >= 0.6 is 11.8 Å². The monoisotopic (exact) mass is 406 g/mol. The van der Waals surface area contributed by atoms with E-state index < -0.39 is 41.2 Å². The minimum Gasteiger partial charge on any atom is -0.465 e. The molecule has 0 saturated carbocycles. The van der Waals surface area contributed by atoms with Gasteiger partial charge in [-0.3, -0.25) is 14.4 Å². The maximum atomic E-state index is 12.5. The lowest BCUT2D eigenvalue weighted by atomic mass is 10.3. The molecular formula is C16H17F3N2O5S. The Bertz CT molecular complexity index is 711. The highest BCUT2D eigenvalue weighted by Gasteiger charge is 2.40. The number of ether oxygens (including phenoxy) is 2. The molecule has 0 radical (unpaired) electrons. The van der Waals surface area contributed by atoms with Crippen LogP contribution in [0, 0.1) is 0 Å². The molecule has 11 heteroatoms. The Kier molecular flexibility index (Phi) is 6.71. The first-order valence-electron chi connectivity index (χ1n) is 7.88. The zero-order valence-electron chi connectivity index (χ0n) is 14.2. The Morgan fingerprint density at radius 2 is 1.96 bits per heavy atom. The molecule has 0 aliphatic carbocycles. The van der Waals surface area contributed by atoms with Gasteiger partial charge < -0.3 is 15.2 Å². The van der Waals surface area contributed by atoms with Crippen molar-refractivity contribution in [1.82, 2.24) is 0 Å². The summed E-state index contributed by atoms with van der Waals surface area (Å²) in [5.41, 5.74) is 5.80. The number of hydrogen-bond acceptors (Lipinski definition) is 7. The molecule has 2 atom stereocenters. The Morgan fingerprint density at radius 1 is 1.33 bits per heavy atom. The number of thioether (sulfide) groups is 1. The average molecular weight is 406 g/mol. The first-order valence-corrected chi connectivity index (χ1v) is 8.93. The standard InChI is InChI=1S/C16H17F3N2O5S/c1-2-25-15(24)11(20)8-27-12-7-13(22)21(14(12)23)9-3-5-10(6-4-9)26-16(17,18)19/h3-6,11-12H,2,7-8,20H2,1H3/t11-,12-/m0/s1. The van der Waals surface area contributed by atoms with E-state index in [1.54, 1.807) is 6.92 Å². The number of carbonyl (C=O) groups excluding carboxylic acids is 3. The highest BCUT2D eigenvalue weighted by atomic mass is 32.2. The third kappa shape index (κ3) is 5.60. The number of nitrogens with zero attached hydrogens (tertiary/aromatic N) is 1. The van der Waals surface area contributed by atoms with Gasteiger partial charge in [-0.1, -0.05) is 0 Å². The van der Waals surface area contributed by atoms with E-state index in [-0.39, 0.29) is 24.5 Å². The summed E-state index contributed by atoms with van der Waals surface area (Å²) in [5, 5.41) is -0.732. The van der Waals surface area contributed by atoms with E-state index in [4.69, 9.17) is 10.5 Å². The van der Waals surface area contributed by atoms with Crippen molar-refractivity contribution in [2.75, 3.05) is 17.3 Å². The van der Waals surface area contributed by atoms with Crippen molar-refractivity contribution in [3.05, 3.63) is 24.3 Å². The van der Waals surface area contributed by atoms with Crippen LogP contribution in [0.3, 0.4) is 0 Å². The Morgan fingerprint density at radius 3 is 2.52 bits per heavy atom. The fourth-order valence-electron chi connectivity index (χ4n) is 2.34. The number of esters is 1. The molecule has 1 heterocycles. The first kappa shape index (κ1) is 21.0. The third-order valence-corrected chi connectivity index (χ3v) is 4.82. The first-order chi connectivity index (χ1) is 12.6. The molecule has 2 N–H and O–H groups in total. The van der Waals surface area contributed by atoms with Crippen molar-refractivity contribution in [2.45, 2.75) is 31.0 Å². The van der Waals surface area contributed by atoms with E-state index in [0.29, 0.717) is 0 Å². The van der Waals surface area contributed by atoms with Gasteiger partial charge in [-0.2, -0.15) is 0 Å². The zero-order chi connectivity index (χ0) is 20.2. The molecule has 1 aliphatic heterocycles. The minimum absolute atomic E-state index is 0.0920. The van der Waals surface area contributed by atoms with Gasteiger partial charge in [0.15, 0.2) is 0 Å². The summed E-state index contributed by atoms with van der Waals surface area (Å²) in [5.74, 6) is -1.98. The predicted octanol–water partition coefficient (Wildman–Crippen LogP) is 1.84. The fraction of sp³-hybridized carbons (Fsp3) is 0.438. The average Bonchev–Trinajstić information content (AvgIpc) is 2.86. The second kappa shape index (κ2) is 8.61. The summed E-state index contributed by atoms with van der Waals surface area (Å²) in [4.78, 5) is 37.0. The number of amides is 2. The van der Waals surface area contributed by atoms with Gasteiger partial charge in [0.25, 0.3) is 0 Å². The van der Waals surface area contributed by atoms with Crippen LogP contribution in [0.15, 0.2) is 24.3 Å². The highest BCUT2D eigenvalue weighted by molar-refractivity contribution is 8.00. The molecule has 148 valence electrons. The van der Waals surface area contributed by atoms with Gasteiger partial charge >= 0.3 is 12.3 Å². The van der Waals surface area contributed by atoms with E-state index >= 15 is 0 Å². The maximum Gasteiger partial charge on any atom is 0.573 e. The van der Waals surface area contributed by atoms with Crippen LogP contribution in [-0.2, 0) is 19.1 Å². The van der Waals surface area contributed by atoms with Crippen LogP contribution in [0.4, 0.5) is 18.9 Å². The molecule has 0 aromatic heterocycles. The molecule has 1 fully saturated rings. The van der Waals surface area contributed by atoms with E-state index in [0.717, 1.165) is 28.8 Å². The van der Waals surface area contributed by atoms with Gasteiger partial charge in [-0.15, -0.1) is 24.9 Å².